The molecule has 5 atom stereocenters. The van der Waals surface area contributed by atoms with Crippen molar-refractivity contribution < 1.29 is 0 Å². The molecule has 2 N–H and O–H groups in total. The van der Waals surface area contributed by atoms with Crippen molar-refractivity contribution in [3.05, 3.63) is 0 Å². The van der Waals surface area contributed by atoms with E-state index in [2.05, 4.69) is 34.6 Å². The average Bonchev–Trinajstić information content (AvgIpc) is 2.49. The highest BCUT2D eigenvalue weighted by Crippen LogP contribution is 2.46. The third kappa shape index (κ3) is 4.49. The SMILES string of the molecule is CCC1CC(C)C(CC2CCC(C(C)N)CC2)CC1C(C)C. The van der Waals surface area contributed by atoms with Crippen molar-refractivity contribution in [2.24, 2.45) is 47.2 Å². The Balaban J connectivity index is 1.87. The lowest BCUT2D eigenvalue weighted by Crippen LogP contribution is -2.35. The van der Waals surface area contributed by atoms with Gasteiger partial charge in [-0.15, -0.1) is 0 Å². The third-order valence-electron chi connectivity index (χ3n) is 7.31. The molecule has 0 aromatic heterocycles. The van der Waals surface area contributed by atoms with Crippen LogP contribution in [0.2, 0.25) is 0 Å². The molecule has 2 aliphatic carbocycles. The molecule has 0 heterocycles. The van der Waals surface area contributed by atoms with E-state index < -0.39 is 0 Å². The Kier molecular flexibility index (Phi) is 6.80. The van der Waals surface area contributed by atoms with Gasteiger partial charge >= 0.3 is 0 Å². The second kappa shape index (κ2) is 8.18. The summed E-state index contributed by atoms with van der Waals surface area (Å²) in [6.07, 6.45) is 11.5. The molecule has 2 aliphatic rings. The van der Waals surface area contributed by atoms with E-state index in [-0.39, 0.29) is 0 Å². The highest BCUT2D eigenvalue weighted by Gasteiger charge is 2.37. The zero-order valence-corrected chi connectivity index (χ0v) is 15.9. The minimum Gasteiger partial charge on any atom is -0.328 e. The lowest BCUT2D eigenvalue weighted by molar-refractivity contribution is 0.0655. The van der Waals surface area contributed by atoms with Crippen LogP contribution in [-0.2, 0) is 0 Å². The van der Waals surface area contributed by atoms with Crippen LogP contribution in [-0.4, -0.2) is 6.04 Å². The molecule has 0 spiro atoms. The van der Waals surface area contributed by atoms with Gasteiger partial charge in [-0.25, -0.2) is 0 Å². The van der Waals surface area contributed by atoms with Gasteiger partial charge in [0.05, 0.1) is 0 Å². The minimum atomic E-state index is 0.408. The maximum atomic E-state index is 6.10. The summed E-state index contributed by atoms with van der Waals surface area (Å²) in [6, 6.07) is 0.408. The lowest BCUT2D eigenvalue weighted by Gasteiger charge is -2.44. The first-order valence-corrected chi connectivity index (χ1v) is 10.2. The Labute approximate surface area is 139 Å². The molecule has 22 heavy (non-hydrogen) atoms. The molecule has 2 fully saturated rings. The van der Waals surface area contributed by atoms with Gasteiger partial charge in [-0.1, -0.05) is 47.0 Å². The molecule has 130 valence electrons. The molecule has 2 saturated carbocycles. The smallest absolute Gasteiger partial charge is 0.00387 e. The van der Waals surface area contributed by atoms with Crippen LogP contribution in [0.15, 0.2) is 0 Å². The minimum absolute atomic E-state index is 0.408. The van der Waals surface area contributed by atoms with E-state index in [1.54, 1.807) is 0 Å². The van der Waals surface area contributed by atoms with Crippen molar-refractivity contribution in [2.75, 3.05) is 0 Å². The second-order valence-corrected chi connectivity index (χ2v) is 9.16. The zero-order chi connectivity index (χ0) is 16.3. The molecular formula is C21H41N. The van der Waals surface area contributed by atoms with Crippen LogP contribution < -0.4 is 5.73 Å². The number of hydrogen-bond donors (Lipinski definition) is 1. The van der Waals surface area contributed by atoms with Gasteiger partial charge < -0.3 is 5.73 Å². The summed E-state index contributed by atoms with van der Waals surface area (Å²) in [5.41, 5.74) is 6.10. The van der Waals surface area contributed by atoms with E-state index in [1.807, 2.05) is 0 Å². The van der Waals surface area contributed by atoms with Crippen LogP contribution in [0.1, 0.15) is 86.0 Å². The monoisotopic (exact) mass is 307 g/mol. The molecule has 1 nitrogen and oxygen atoms in total. The fourth-order valence-electron chi connectivity index (χ4n) is 5.61. The van der Waals surface area contributed by atoms with Crippen molar-refractivity contribution in [1.29, 1.82) is 0 Å². The van der Waals surface area contributed by atoms with E-state index in [1.165, 1.54) is 51.4 Å². The quantitative estimate of drug-likeness (QED) is 0.675. The van der Waals surface area contributed by atoms with Crippen molar-refractivity contribution in [3.8, 4) is 0 Å². The number of hydrogen-bond acceptors (Lipinski definition) is 1. The van der Waals surface area contributed by atoms with Gasteiger partial charge in [-0.2, -0.15) is 0 Å². The Morgan fingerprint density at radius 3 is 2.09 bits per heavy atom. The van der Waals surface area contributed by atoms with Crippen molar-refractivity contribution >= 4 is 0 Å². The molecule has 0 saturated heterocycles. The lowest BCUT2D eigenvalue weighted by atomic mass is 9.62. The molecule has 0 aromatic rings. The molecule has 1 heteroatoms. The van der Waals surface area contributed by atoms with Gasteiger partial charge in [0.1, 0.15) is 0 Å². The second-order valence-electron chi connectivity index (χ2n) is 9.16. The maximum Gasteiger partial charge on any atom is 0.00387 e. The Morgan fingerprint density at radius 2 is 1.59 bits per heavy atom. The first kappa shape index (κ1) is 18.3. The van der Waals surface area contributed by atoms with Gasteiger partial charge in [0, 0.05) is 6.04 Å². The molecule has 0 aliphatic heterocycles. The van der Waals surface area contributed by atoms with Gasteiger partial charge in [0.15, 0.2) is 0 Å². The summed E-state index contributed by atoms with van der Waals surface area (Å²) in [5.74, 6) is 6.57. The van der Waals surface area contributed by atoms with Crippen LogP contribution in [0.3, 0.4) is 0 Å². The average molecular weight is 308 g/mol. The van der Waals surface area contributed by atoms with Crippen LogP contribution >= 0.6 is 0 Å². The normalized spacial score (nSPS) is 41.6. The summed E-state index contributed by atoms with van der Waals surface area (Å²) in [7, 11) is 0. The first-order chi connectivity index (χ1) is 10.4. The van der Waals surface area contributed by atoms with E-state index >= 15 is 0 Å². The maximum absolute atomic E-state index is 6.10. The standard InChI is InChI=1S/C21H41N/c1-6-18-11-15(4)20(13-21(18)14(2)3)12-17-7-9-19(10-8-17)16(5)22/h14-21H,6-13,22H2,1-5H3. The predicted octanol–water partition coefficient (Wildman–Crippen LogP) is 5.87. The highest BCUT2D eigenvalue weighted by atomic mass is 14.6. The summed E-state index contributed by atoms with van der Waals surface area (Å²) in [6.45, 7) is 12.1. The summed E-state index contributed by atoms with van der Waals surface area (Å²) in [4.78, 5) is 0. The fourth-order valence-corrected chi connectivity index (χ4v) is 5.61. The molecule has 5 unspecified atom stereocenters. The number of nitrogens with two attached hydrogens (primary N) is 1. The van der Waals surface area contributed by atoms with E-state index in [9.17, 15) is 0 Å². The first-order valence-electron chi connectivity index (χ1n) is 10.2. The molecule has 2 rings (SSSR count). The van der Waals surface area contributed by atoms with Gasteiger partial charge in [-0.3, -0.25) is 0 Å². The van der Waals surface area contributed by atoms with Gasteiger partial charge in [0.2, 0.25) is 0 Å². The van der Waals surface area contributed by atoms with Crippen molar-refractivity contribution in [3.63, 3.8) is 0 Å². The molecule has 0 bridgehead atoms. The topological polar surface area (TPSA) is 26.0 Å². The van der Waals surface area contributed by atoms with Crippen molar-refractivity contribution in [1.82, 2.24) is 0 Å². The highest BCUT2D eigenvalue weighted by molar-refractivity contribution is 4.87. The van der Waals surface area contributed by atoms with E-state index in [0.717, 1.165) is 41.4 Å². The molecule has 0 radical (unpaired) electrons. The number of rotatable bonds is 5. The summed E-state index contributed by atoms with van der Waals surface area (Å²) < 4.78 is 0. The zero-order valence-electron chi connectivity index (χ0n) is 15.9. The Hall–Kier alpha value is -0.0400. The summed E-state index contributed by atoms with van der Waals surface area (Å²) >= 11 is 0. The van der Waals surface area contributed by atoms with Crippen molar-refractivity contribution in [2.45, 2.75) is 92.0 Å². The third-order valence-corrected chi connectivity index (χ3v) is 7.31. The van der Waals surface area contributed by atoms with E-state index in [4.69, 9.17) is 5.73 Å². The van der Waals surface area contributed by atoms with Crippen LogP contribution in [0.5, 0.6) is 0 Å². The Bertz CT molecular complexity index is 314. The molecule has 0 amide bonds. The van der Waals surface area contributed by atoms with Gasteiger partial charge in [0.25, 0.3) is 0 Å². The predicted molar refractivity (Wildman–Crippen MR) is 97.7 cm³/mol. The van der Waals surface area contributed by atoms with Crippen LogP contribution in [0, 0.1) is 41.4 Å². The van der Waals surface area contributed by atoms with Crippen LogP contribution in [0.25, 0.3) is 0 Å². The molecule has 0 aromatic carbocycles. The fraction of sp³-hybridized carbons (Fsp3) is 1.00. The van der Waals surface area contributed by atoms with Crippen LogP contribution in [0.4, 0.5) is 0 Å². The molecular weight excluding hydrogens is 266 g/mol. The van der Waals surface area contributed by atoms with Gasteiger partial charge in [-0.05, 0) is 80.5 Å². The largest absolute Gasteiger partial charge is 0.328 e. The Morgan fingerprint density at radius 1 is 0.955 bits per heavy atom. The summed E-state index contributed by atoms with van der Waals surface area (Å²) in [5, 5.41) is 0. The van der Waals surface area contributed by atoms with E-state index in [0.29, 0.717) is 6.04 Å².